The van der Waals surface area contributed by atoms with Gasteiger partial charge < -0.3 is 28.4 Å². The van der Waals surface area contributed by atoms with Gasteiger partial charge in [0.05, 0.1) is 11.3 Å². The molecule has 12 rings (SSSR count). The predicted molar refractivity (Wildman–Crippen MR) is 242 cm³/mol. The van der Waals surface area contributed by atoms with Crippen molar-refractivity contribution in [1.29, 1.82) is 0 Å². The topological polar surface area (TPSA) is 158 Å². The van der Waals surface area contributed by atoms with Gasteiger partial charge in [0.2, 0.25) is 0 Å². The Labute approximate surface area is 413 Å². The fraction of sp³-hybridized carbons (Fsp3) is 0.887. The Morgan fingerprint density at radius 2 is 0.732 bits per heavy atom. The number of halogens is 6. The standard InChI is InChI=1S/C19H28F2O4.C18H26F2O4.C16H22F2O4/c1-17(2,10-24-16(23)19(4,20)21)15(22)25-18(3)13-6-11-5-12(8-13)9-14(18)7-11;1-10(9-23-16(22)18(3,19)20)15(21)24-17(2)13-5-11-4-12(7-13)8-14(17)6-11;1-15(22-13(19)8-21-14(20)16(2,17)18)11-4-9-3-10(6-11)7-12(15)5-9/h11-14H,5-10H2,1-4H3;10-14H,4-9H2,1-3H3;9-12H,3-8H2,1-2H3. The maximum absolute atomic E-state index is 12.9. The Morgan fingerprint density at radius 3 is 1.07 bits per heavy atom. The molecule has 0 heterocycles. The molecular weight excluding hydrogens is 943 g/mol. The van der Waals surface area contributed by atoms with Crippen molar-refractivity contribution in [3.05, 3.63) is 0 Å². The van der Waals surface area contributed by atoms with E-state index in [1.54, 1.807) is 20.8 Å². The first-order valence-electron chi connectivity index (χ1n) is 26.0. The first-order valence-corrected chi connectivity index (χ1v) is 26.0. The summed E-state index contributed by atoms with van der Waals surface area (Å²) in [5, 5.41) is 0. The van der Waals surface area contributed by atoms with Gasteiger partial charge in [-0.1, -0.05) is 0 Å². The zero-order chi connectivity index (χ0) is 52.4. The molecule has 12 fully saturated rings. The second-order valence-corrected chi connectivity index (χ2v) is 25.0. The first kappa shape index (κ1) is 55.2. The summed E-state index contributed by atoms with van der Waals surface area (Å²) >= 11 is 0. The fourth-order valence-electron chi connectivity index (χ4n) is 14.9. The van der Waals surface area contributed by atoms with E-state index in [1.807, 2.05) is 20.8 Å². The number of hydrogen-bond acceptors (Lipinski definition) is 12. The molecule has 0 aromatic rings. The van der Waals surface area contributed by atoms with Gasteiger partial charge >= 0.3 is 53.6 Å². The molecule has 0 aromatic heterocycles. The van der Waals surface area contributed by atoms with Gasteiger partial charge in [0.25, 0.3) is 0 Å². The number of carbonyl (C=O) groups excluding carboxylic acids is 6. The van der Waals surface area contributed by atoms with E-state index >= 15 is 0 Å². The van der Waals surface area contributed by atoms with Crippen molar-refractivity contribution in [1.82, 2.24) is 0 Å². The molecule has 0 saturated heterocycles. The van der Waals surface area contributed by atoms with Gasteiger partial charge in [0, 0.05) is 20.8 Å². The van der Waals surface area contributed by atoms with Crippen LogP contribution in [0.2, 0.25) is 0 Å². The summed E-state index contributed by atoms with van der Waals surface area (Å²) in [5.41, 5.74) is -2.64. The van der Waals surface area contributed by atoms with Gasteiger partial charge in [0.15, 0.2) is 6.61 Å². The molecule has 0 spiro atoms. The van der Waals surface area contributed by atoms with Crippen LogP contribution in [0.4, 0.5) is 26.3 Å². The molecule has 1 atom stereocenters. The smallest absolute Gasteiger partial charge is 0.377 e. The third-order valence-electron chi connectivity index (χ3n) is 18.6. The zero-order valence-corrected chi connectivity index (χ0v) is 42.9. The van der Waals surface area contributed by atoms with E-state index in [0.29, 0.717) is 56.3 Å². The summed E-state index contributed by atoms with van der Waals surface area (Å²) in [6.45, 7) is 10.6. The molecule has 0 aliphatic heterocycles. The monoisotopic (exact) mass is 1020 g/mol. The average Bonchev–Trinajstić information content (AvgIpc) is 3.25. The minimum atomic E-state index is -3.59. The number of alkyl halides is 6. The van der Waals surface area contributed by atoms with Gasteiger partial charge in [-0.15, -0.1) is 0 Å². The van der Waals surface area contributed by atoms with Crippen molar-refractivity contribution >= 4 is 35.8 Å². The summed E-state index contributed by atoms with van der Waals surface area (Å²) < 4.78 is 108. The third-order valence-corrected chi connectivity index (χ3v) is 18.6. The van der Waals surface area contributed by atoms with Crippen LogP contribution in [-0.2, 0) is 57.2 Å². The van der Waals surface area contributed by atoms with Crippen LogP contribution in [0.5, 0.6) is 0 Å². The number of esters is 6. The van der Waals surface area contributed by atoms with Gasteiger partial charge in [-0.25, -0.2) is 19.2 Å². The van der Waals surface area contributed by atoms with Crippen molar-refractivity contribution in [3.63, 3.8) is 0 Å². The van der Waals surface area contributed by atoms with Crippen molar-refractivity contribution in [2.75, 3.05) is 19.8 Å². The Hall–Kier alpha value is -3.60. The van der Waals surface area contributed by atoms with E-state index in [-0.39, 0.29) is 6.61 Å². The van der Waals surface area contributed by atoms with Gasteiger partial charge in [-0.3, -0.25) is 9.59 Å². The summed E-state index contributed by atoms with van der Waals surface area (Å²) in [4.78, 5) is 70.4. The van der Waals surface area contributed by atoms with E-state index in [1.165, 1.54) is 19.3 Å². The molecule has 402 valence electrons. The van der Waals surface area contributed by atoms with Crippen molar-refractivity contribution < 1.29 is 83.5 Å². The lowest BCUT2D eigenvalue weighted by atomic mass is 9.50. The van der Waals surface area contributed by atoms with E-state index in [0.717, 1.165) is 113 Å². The molecule has 18 heteroatoms. The number of rotatable bonds is 14. The van der Waals surface area contributed by atoms with Crippen LogP contribution in [0.15, 0.2) is 0 Å². The molecule has 12 aliphatic rings. The van der Waals surface area contributed by atoms with Crippen LogP contribution >= 0.6 is 0 Å². The summed E-state index contributed by atoms with van der Waals surface area (Å²) in [6.07, 6.45) is 17.1. The fourth-order valence-corrected chi connectivity index (χ4v) is 14.9. The molecular formula is C53H76F6O12. The van der Waals surface area contributed by atoms with Gasteiger partial charge in [0.1, 0.15) is 30.0 Å². The van der Waals surface area contributed by atoms with Crippen LogP contribution < -0.4 is 0 Å². The molecule has 1 unspecified atom stereocenters. The lowest BCUT2D eigenvalue weighted by Gasteiger charge is -2.59. The average molecular weight is 1020 g/mol. The first-order chi connectivity index (χ1) is 32.7. The van der Waals surface area contributed by atoms with Gasteiger partial charge in [-0.2, -0.15) is 26.3 Å². The summed E-state index contributed by atoms with van der Waals surface area (Å²) in [7, 11) is 0. The van der Waals surface area contributed by atoms with Crippen molar-refractivity contribution in [3.8, 4) is 0 Å². The maximum Gasteiger partial charge on any atom is 0.377 e. The molecule has 71 heavy (non-hydrogen) atoms. The normalized spacial score (nSPS) is 38.4. The summed E-state index contributed by atoms with van der Waals surface area (Å²) in [6, 6.07) is 0. The number of hydrogen-bond donors (Lipinski definition) is 0. The second kappa shape index (κ2) is 19.9. The highest BCUT2D eigenvalue weighted by molar-refractivity contribution is 5.81. The van der Waals surface area contributed by atoms with Crippen LogP contribution in [-0.4, -0.2) is 90.2 Å². The Bertz CT molecular complexity index is 1940. The van der Waals surface area contributed by atoms with Crippen LogP contribution in [0.1, 0.15) is 159 Å². The minimum Gasteiger partial charge on any atom is -0.460 e. The second-order valence-electron chi connectivity index (χ2n) is 25.0. The van der Waals surface area contributed by atoms with Crippen molar-refractivity contribution in [2.24, 2.45) is 82.3 Å². The van der Waals surface area contributed by atoms with E-state index < -0.39 is 94.9 Å². The number of carbonyl (C=O) groups is 6. The molecule has 12 bridgehead atoms. The maximum atomic E-state index is 12.9. The number of ether oxygens (including phenoxy) is 6. The quantitative estimate of drug-likeness (QED) is 0.0923. The molecule has 0 radical (unpaired) electrons. The zero-order valence-electron chi connectivity index (χ0n) is 42.9. The SMILES string of the molecule is CC(COC(=O)C(C)(F)F)C(=O)OC1(C)C2CC3CC(C2)CC1C3.CC(F)(F)C(=O)OCC(=O)OC1(C)C2CC3CC(C2)CC1C3.CC(F)(F)C(=O)OCC(C)(C)C(=O)OC1(C)C2CC3CC(C2)CC1C3. The lowest BCUT2D eigenvalue weighted by Crippen LogP contribution is -2.59. The van der Waals surface area contributed by atoms with Gasteiger partial charge in [-0.05, 0) is 209 Å². The molecule has 0 amide bonds. The summed E-state index contributed by atoms with van der Waals surface area (Å²) in [5.74, 6) is -11.3. The largest absolute Gasteiger partial charge is 0.460 e. The predicted octanol–water partition coefficient (Wildman–Crippen LogP) is 10.5. The van der Waals surface area contributed by atoms with E-state index in [2.05, 4.69) is 14.2 Å². The van der Waals surface area contributed by atoms with Crippen molar-refractivity contribution in [2.45, 2.75) is 193 Å². The highest BCUT2D eigenvalue weighted by Gasteiger charge is 2.60. The highest BCUT2D eigenvalue weighted by atomic mass is 19.3. The van der Waals surface area contributed by atoms with E-state index in [4.69, 9.17) is 14.2 Å². The Balaban J connectivity index is 0.000000157. The van der Waals surface area contributed by atoms with Crippen LogP contribution in [0.25, 0.3) is 0 Å². The molecule has 12 aliphatic carbocycles. The lowest BCUT2D eigenvalue weighted by molar-refractivity contribution is -0.214. The molecule has 0 N–H and O–H groups in total. The molecule has 12 nitrogen and oxygen atoms in total. The van der Waals surface area contributed by atoms with Crippen LogP contribution in [0, 0.1) is 82.3 Å². The Kier molecular flexibility index (Phi) is 15.5. The molecule has 12 saturated carbocycles. The van der Waals surface area contributed by atoms with Crippen LogP contribution in [0.3, 0.4) is 0 Å². The third kappa shape index (κ3) is 12.0. The Morgan fingerprint density at radius 1 is 0.437 bits per heavy atom. The highest BCUT2D eigenvalue weighted by Crippen LogP contribution is 2.62. The minimum absolute atomic E-state index is 0.344. The molecule has 0 aromatic carbocycles. The van der Waals surface area contributed by atoms with E-state index in [9.17, 15) is 55.1 Å².